The molecule has 0 aliphatic heterocycles. The minimum atomic E-state index is -0.667. The van der Waals surface area contributed by atoms with E-state index in [2.05, 4.69) is 9.97 Å². The van der Waals surface area contributed by atoms with E-state index in [1.54, 1.807) is 24.3 Å². The average Bonchev–Trinajstić information content (AvgIpc) is 2.39. The Balaban J connectivity index is 2.47. The Morgan fingerprint density at radius 3 is 2.47 bits per heavy atom. The highest BCUT2D eigenvalue weighted by Gasteiger charge is 2.11. The van der Waals surface area contributed by atoms with Gasteiger partial charge in [-0.1, -0.05) is 28.2 Å². The van der Waals surface area contributed by atoms with Gasteiger partial charge in [0.1, 0.15) is 12.4 Å². The summed E-state index contributed by atoms with van der Waals surface area (Å²) in [6.07, 6.45) is 2.67. The van der Waals surface area contributed by atoms with Crippen LogP contribution in [0.25, 0.3) is 11.1 Å². The molecule has 2 rings (SSSR count). The number of rotatable bonds is 2. The van der Waals surface area contributed by atoms with Gasteiger partial charge in [-0.3, -0.25) is 0 Å². The van der Waals surface area contributed by atoms with Crippen LogP contribution in [-0.2, 0) is 0 Å². The summed E-state index contributed by atoms with van der Waals surface area (Å²) in [6, 6.07) is 8.96. The molecular formula is C11H6N4O2. The predicted octanol–water partition coefficient (Wildman–Crippen LogP) is 1.92. The van der Waals surface area contributed by atoms with Gasteiger partial charge in [-0.25, -0.2) is 0 Å². The van der Waals surface area contributed by atoms with Crippen LogP contribution in [0.1, 0.15) is 5.56 Å². The summed E-state index contributed by atoms with van der Waals surface area (Å²) in [5.41, 5.74) is 1.71. The van der Waals surface area contributed by atoms with Gasteiger partial charge >= 0.3 is 5.95 Å². The number of nitriles is 1. The third-order valence-electron chi connectivity index (χ3n) is 2.16. The van der Waals surface area contributed by atoms with Crippen molar-refractivity contribution in [1.29, 1.82) is 5.26 Å². The summed E-state index contributed by atoms with van der Waals surface area (Å²) in [5, 5.41) is 19.3. The first-order chi connectivity index (χ1) is 8.22. The van der Waals surface area contributed by atoms with Gasteiger partial charge in [0.15, 0.2) is 0 Å². The maximum Gasteiger partial charge on any atom is 0.468 e. The van der Waals surface area contributed by atoms with Crippen molar-refractivity contribution in [3.63, 3.8) is 0 Å². The second kappa shape index (κ2) is 4.37. The largest absolute Gasteiger partial charge is 0.468 e. The molecule has 0 N–H and O–H groups in total. The van der Waals surface area contributed by atoms with E-state index in [9.17, 15) is 10.1 Å². The third kappa shape index (κ3) is 2.08. The van der Waals surface area contributed by atoms with Gasteiger partial charge < -0.3 is 10.1 Å². The van der Waals surface area contributed by atoms with E-state index in [-0.39, 0.29) is 0 Å². The van der Waals surface area contributed by atoms with Crippen molar-refractivity contribution in [2.24, 2.45) is 0 Å². The van der Waals surface area contributed by atoms with Crippen LogP contribution in [0.2, 0.25) is 0 Å². The van der Waals surface area contributed by atoms with Gasteiger partial charge in [0.2, 0.25) is 0 Å². The van der Waals surface area contributed by atoms with E-state index in [0.717, 1.165) is 0 Å². The van der Waals surface area contributed by atoms with E-state index in [4.69, 9.17) is 5.26 Å². The molecule has 0 aliphatic rings. The molecule has 0 saturated heterocycles. The Bertz CT molecular complexity index is 602. The van der Waals surface area contributed by atoms with Crippen molar-refractivity contribution >= 4 is 5.95 Å². The molecule has 17 heavy (non-hydrogen) atoms. The number of benzene rings is 1. The Morgan fingerprint density at radius 1 is 1.24 bits per heavy atom. The number of hydrogen-bond acceptors (Lipinski definition) is 5. The molecule has 2 aromatic rings. The zero-order valence-corrected chi connectivity index (χ0v) is 8.57. The number of nitro groups is 1. The lowest BCUT2D eigenvalue weighted by Crippen LogP contribution is -1.95. The van der Waals surface area contributed by atoms with Crippen LogP contribution >= 0.6 is 0 Å². The second-order valence-corrected chi connectivity index (χ2v) is 3.19. The molecule has 0 amide bonds. The van der Waals surface area contributed by atoms with Crippen molar-refractivity contribution in [2.75, 3.05) is 0 Å². The SMILES string of the molecule is N#Cc1ccccc1-c1cnc([N+](=O)[O-])nc1. The van der Waals surface area contributed by atoms with Crippen molar-refractivity contribution in [3.8, 4) is 17.2 Å². The summed E-state index contributed by atoms with van der Waals surface area (Å²) in [6.45, 7) is 0. The van der Waals surface area contributed by atoms with Gasteiger partial charge in [0.05, 0.1) is 17.2 Å². The fourth-order valence-electron chi connectivity index (χ4n) is 1.39. The topological polar surface area (TPSA) is 92.7 Å². The minimum Gasteiger partial charge on any atom is -0.390 e. The van der Waals surface area contributed by atoms with Crippen molar-refractivity contribution in [2.45, 2.75) is 0 Å². The first-order valence-electron chi connectivity index (χ1n) is 4.68. The van der Waals surface area contributed by atoms with Crippen LogP contribution in [0.15, 0.2) is 36.7 Å². The molecule has 6 heteroatoms. The maximum atomic E-state index is 10.4. The second-order valence-electron chi connectivity index (χ2n) is 3.19. The zero-order valence-electron chi connectivity index (χ0n) is 8.57. The van der Waals surface area contributed by atoms with Gasteiger partial charge in [0, 0.05) is 5.56 Å². The molecular weight excluding hydrogens is 220 g/mol. The Hall–Kier alpha value is -2.81. The van der Waals surface area contributed by atoms with E-state index in [0.29, 0.717) is 16.7 Å². The zero-order chi connectivity index (χ0) is 12.3. The van der Waals surface area contributed by atoms with Gasteiger partial charge in [-0.05, 0) is 11.0 Å². The Morgan fingerprint density at radius 2 is 1.88 bits per heavy atom. The predicted molar refractivity (Wildman–Crippen MR) is 58.8 cm³/mol. The lowest BCUT2D eigenvalue weighted by Gasteiger charge is -2.00. The lowest BCUT2D eigenvalue weighted by atomic mass is 10.0. The third-order valence-corrected chi connectivity index (χ3v) is 2.16. The molecule has 0 aliphatic carbocycles. The van der Waals surface area contributed by atoms with Crippen LogP contribution in [0, 0.1) is 21.4 Å². The van der Waals surface area contributed by atoms with Gasteiger partial charge in [0.25, 0.3) is 0 Å². The molecule has 6 nitrogen and oxygen atoms in total. The molecule has 0 radical (unpaired) electrons. The molecule has 0 atom stereocenters. The molecule has 0 unspecified atom stereocenters. The van der Waals surface area contributed by atoms with E-state index in [1.165, 1.54) is 12.4 Å². The maximum absolute atomic E-state index is 10.4. The standard InChI is InChI=1S/C11H6N4O2/c12-5-8-3-1-2-4-10(8)9-6-13-11(14-7-9)15(16)17/h1-4,6-7H. The highest BCUT2D eigenvalue weighted by Crippen LogP contribution is 2.22. The molecule has 0 fully saturated rings. The highest BCUT2D eigenvalue weighted by molar-refractivity contribution is 5.69. The first kappa shape index (κ1) is 10.7. The van der Waals surface area contributed by atoms with Crippen LogP contribution in [0.3, 0.4) is 0 Å². The van der Waals surface area contributed by atoms with Crippen LogP contribution in [-0.4, -0.2) is 14.9 Å². The van der Waals surface area contributed by atoms with Gasteiger partial charge in [-0.2, -0.15) is 5.26 Å². The molecule has 0 bridgehead atoms. The van der Waals surface area contributed by atoms with Crippen molar-refractivity contribution < 1.29 is 4.92 Å². The van der Waals surface area contributed by atoms with E-state index >= 15 is 0 Å². The van der Waals surface area contributed by atoms with Crippen molar-refractivity contribution in [3.05, 3.63) is 52.3 Å². The lowest BCUT2D eigenvalue weighted by molar-refractivity contribution is -0.394. The Labute approximate surface area is 96.3 Å². The average molecular weight is 226 g/mol. The molecule has 1 heterocycles. The number of nitrogens with zero attached hydrogens (tertiary/aromatic N) is 4. The fraction of sp³-hybridized carbons (Fsp3) is 0. The quantitative estimate of drug-likeness (QED) is 0.576. The van der Waals surface area contributed by atoms with E-state index < -0.39 is 10.9 Å². The summed E-state index contributed by atoms with van der Waals surface area (Å²) in [4.78, 5) is 17.0. The highest BCUT2D eigenvalue weighted by atomic mass is 16.6. The molecule has 1 aromatic carbocycles. The Kier molecular flexibility index (Phi) is 2.75. The van der Waals surface area contributed by atoms with Crippen LogP contribution < -0.4 is 0 Å². The van der Waals surface area contributed by atoms with Gasteiger partial charge in [-0.15, -0.1) is 0 Å². The van der Waals surface area contributed by atoms with Crippen molar-refractivity contribution in [1.82, 2.24) is 9.97 Å². The normalized spacial score (nSPS) is 9.59. The molecule has 0 spiro atoms. The molecule has 82 valence electrons. The molecule has 0 saturated carbocycles. The fourth-order valence-corrected chi connectivity index (χ4v) is 1.39. The summed E-state index contributed by atoms with van der Waals surface area (Å²) in [7, 11) is 0. The number of aromatic nitrogens is 2. The first-order valence-corrected chi connectivity index (χ1v) is 4.68. The smallest absolute Gasteiger partial charge is 0.390 e. The summed E-state index contributed by atoms with van der Waals surface area (Å²) >= 11 is 0. The van der Waals surface area contributed by atoms with Crippen LogP contribution in [0.5, 0.6) is 0 Å². The summed E-state index contributed by atoms with van der Waals surface area (Å²) < 4.78 is 0. The number of hydrogen-bond donors (Lipinski definition) is 0. The monoisotopic (exact) mass is 226 g/mol. The summed E-state index contributed by atoms with van der Waals surface area (Å²) in [5.74, 6) is -0.455. The minimum absolute atomic E-state index is 0.455. The van der Waals surface area contributed by atoms with E-state index in [1.807, 2.05) is 6.07 Å². The molecule has 1 aromatic heterocycles. The van der Waals surface area contributed by atoms with Crippen LogP contribution in [0.4, 0.5) is 5.95 Å².